The van der Waals surface area contributed by atoms with Gasteiger partial charge in [0.25, 0.3) is 5.91 Å². The van der Waals surface area contributed by atoms with Gasteiger partial charge < -0.3 is 35.5 Å². The highest BCUT2D eigenvalue weighted by Crippen LogP contribution is 2.26. The van der Waals surface area contributed by atoms with E-state index >= 15 is 0 Å². The van der Waals surface area contributed by atoms with Gasteiger partial charge in [0.2, 0.25) is 17.7 Å². The monoisotopic (exact) mass is 675 g/mol. The van der Waals surface area contributed by atoms with Crippen LogP contribution in [0.3, 0.4) is 0 Å². The smallest absolute Gasteiger partial charge is 0.308 e. The second-order valence-corrected chi connectivity index (χ2v) is 12.7. The lowest BCUT2D eigenvalue weighted by molar-refractivity contribution is -0.144. The molecular formula is C36H49N7O6. The highest BCUT2D eigenvalue weighted by molar-refractivity contribution is 5.96. The van der Waals surface area contributed by atoms with Crippen LogP contribution in [-0.2, 0) is 37.0 Å². The van der Waals surface area contributed by atoms with Gasteiger partial charge in [-0.2, -0.15) is 0 Å². The molecule has 13 nitrogen and oxygen atoms in total. The summed E-state index contributed by atoms with van der Waals surface area (Å²) in [6.45, 7) is 6.89. The normalized spacial score (nSPS) is 15.4. The third-order valence-corrected chi connectivity index (χ3v) is 8.71. The molecule has 4 N–H and O–H groups in total. The molecular weight excluding hydrogens is 626 g/mol. The van der Waals surface area contributed by atoms with Crippen LogP contribution < -0.4 is 16.0 Å². The number of para-hydroxylation sites is 2. The molecule has 1 aliphatic rings. The van der Waals surface area contributed by atoms with Crippen LogP contribution in [0.5, 0.6) is 0 Å². The Hall–Kier alpha value is -4.94. The van der Waals surface area contributed by atoms with E-state index in [1.54, 1.807) is 35.0 Å². The average Bonchev–Trinajstić information content (AvgIpc) is 3.45. The first-order valence-electron chi connectivity index (χ1n) is 17.1. The molecule has 0 aliphatic carbocycles. The van der Waals surface area contributed by atoms with Crippen LogP contribution in [0.1, 0.15) is 81.0 Å². The summed E-state index contributed by atoms with van der Waals surface area (Å²) in [5, 5.41) is 8.98. The number of hydrogen-bond donors (Lipinski definition) is 4. The van der Waals surface area contributed by atoms with E-state index in [0.29, 0.717) is 36.5 Å². The largest absolute Gasteiger partial charge is 0.469 e. The molecule has 264 valence electrons. The first kappa shape index (κ1) is 36.9. The van der Waals surface area contributed by atoms with Crippen molar-refractivity contribution < 1.29 is 28.7 Å². The molecule has 2 heterocycles. The molecule has 4 rings (SSSR count). The number of ether oxygens (including phenoxy) is 1. The van der Waals surface area contributed by atoms with Gasteiger partial charge in [0.15, 0.2) is 0 Å². The maximum absolute atomic E-state index is 13.7. The van der Waals surface area contributed by atoms with Crippen molar-refractivity contribution in [2.24, 2.45) is 5.92 Å². The minimum atomic E-state index is -0.866. The zero-order chi connectivity index (χ0) is 35.5. The average molecular weight is 676 g/mol. The Morgan fingerprint density at radius 2 is 1.84 bits per heavy atom. The molecule has 4 amide bonds. The molecule has 0 radical (unpaired) electrons. The minimum absolute atomic E-state index is 0.132. The standard InChI is InChI=1S/C36H49N7O6/c1-6-11-23(3)33(45)41-29(12-7-2)34(46)37-17-10-18-43-21-25-19-24(15-16-26(25)38-30(36(43)48)20-32(44)49-5)35(47)42(4)22-31-39-27-13-8-9-14-28(27)40-31/h8-9,13-16,19,23,29-30,38H,6-7,10-12,17-18,20-22H2,1-5H3,(H,37,46)(H,39,40)(H,41,45)/t23-,29+,30-/m1/s1. The number of anilines is 1. The first-order valence-corrected chi connectivity index (χ1v) is 17.1. The Balaban J connectivity index is 1.43. The van der Waals surface area contributed by atoms with Gasteiger partial charge in [-0.15, -0.1) is 0 Å². The van der Waals surface area contributed by atoms with E-state index in [4.69, 9.17) is 4.74 Å². The van der Waals surface area contributed by atoms with Crippen molar-refractivity contribution >= 4 is 46.3 Å². The maximum atomic E-state index is 13.7. The highest BCUT2D eigenvalue weighted by atomic mass is 16.5. The summed E-state index contributed by atoms with van der Waals surface area (Å²) < 4.78 is 4.85. The number of benzene rings is 2. The first-order chi connectivity index (χ1) is 23.5. The van der Waals surface area contributed by atoms with Crippen molar-refractivity contribution in [3.05, 3.63) is 59.4 Å². The fourth-order valence-corrected chi connectivity index (χ4v) is 5.97. The van der Waals surface area contributed by atoms with E-state index in [9.17, 15) is 24.0 Å². The van der Waals surface area contributed by atoms with Gasteiger partial charge >= 0.3 is 5.97 Å². The lowest BCUT2D eigenvalue weighted by atomic mass is 10.0. The van der Waals surface area contributed by atoms with Crippen LogP contribution >= 0.6 is 0 Å². The van der Waals surface area contributed by atoms with E-state index in [1.807, 2.05) is 45.0 Å². The molecule has 0 saturated carbocycles. The molecule has 0 bridgehead atoms. The number of nitrogens with one attached hydrogen (secondary N) is 4. The molecule has 1 aliphatic heterocycles. The van der Waals surface area contributed by atoms with E-state index in [2.05, 4.69) is 25.9 Å². The zero-order valence-corrected chi connectivity index (χ0v) is 29.1. The zero-order valence-electron chi connectivity index (χ0n) is 29.1. The van der Waals surface area contributed by atoms with Crippen molar-refractivity contribution in [3.8, 4) is 0 Å². The van der Waals surface area contributed by atoms with Crippen molar-refractivity contribution in [2.45, 2.75) is 84.5 Å². The van der Waals surface area contributed by atoms with Crippen LogP contribution in [0.15, 0.2) is 42.5 Å². The van der Waals surface area contributed by atoms with E-state index in [0.717, 1.165) is 35.9 Å². The van der Waals surface area contributed by atoms with Gasteiger partial charge in [-0.25, -0.2) is 4.98 Å². The lowest BCUT2D eigenvalue weighted by Gasteiger charge is -2.25. The summed E-state index contributed by atoms with van der Waals surface area (Å²) in [5.74, 6) is -0.928. The number of hydrogen-bond acceptors (Lipinski definition) is 8. The molecule has 1 aromatic heterocycles. The van der Waals surface area contributed by atoms with Gasteiger partial charge in [0.05, 0.1) is 31.1 Å². The van der Waals surface area contributed by atoms with E-state index in [1.165, 1.54) is 7.11 Å². The Labute approximate surface area is 287 Å². The molecule has 0 spiro atoms. The SMILES string of the molecule is CCC[C@@H](C)C(=O)N[C@@H](CCC)C(=O)NCCCN1Cc2cc(C(=O)N(C)Cc3nc4ccccc4[nH]3)ccc2N[C@H](CC(=O)OC)C1=O. The van der Waals surface area contributed by atoms with Crippen molar-refractivity contribution in [2.75, 3.05) is 32.6 Å². The molecule has 0 unspecified atom stereocenters. The number of carbonyl (C=O) groups is 5. The van der Waals surface area contributed by atoms with Crippen LogP contribution in [0.25, 0.3) is 11.0 Å². The van der Waals surface area contributed by atoms with Crippen molar-refractivity contribution in [3.63, 3.8) is 0 Å². The molecule has 3 atom stereocenters. The number of rotatable bonds is 16. The Kier molecular flexibility index (Phi) is 13.1. The molecule has 2 aromatic carbocycles. The third kappa shape index (κ3) is 9.80. The molecule has 3 aromatic rings. The summed E-state index contributed by atoms with van der Waals surface area (Å²) in [6.07, 6.45) is 3.16. The summed E-state index contributed by atoms with van der Waals surface area (Å²) in [7, 11) is 2.98. The quantitative estimate of drug-likeness (QED) is 0.132. The number of amides is 4. The fraction of sp³-hybridized carbons (Fsp3) is 0.500. The van der Waals surface area contributed by atoms with E-state index in [-0.39, 0.29) is 55.6 Å². The van der Waals surface area contributed by atoms with Crippen LogP contribution in [0.2, 0.25) is 0 Å². The second-order valence-electron chi connectivity index (χ2n) is 12.7. The van der Waals surface area contributed by atoms with Gasteiger partial charge in [-0.3, -0.25) is 24.0 Å². The maximum Gasteiger partial charge on any atom is 0.308 e. The molecule has 0 fully saturated rings. The number of esters is 1. The minimum Gasteiger partial charge on any atom is -0.469 e. The number of fused-ring (bicyclic) bond motifs is 2. The lowest BCUT2D eigenvalue weighted by Crippen LogP contribution is -2.48. The van der Waals surface area contributed by atoms with Crippen LogP contribution in [0, 0.1) is 5.92 Å². The Morgan fingerprint density at radius 3 is 2.55 bits per heavy atom. The van der Waals surface area contributed by atoms with Crippen LogP contribution in [0.4, 0.5) is 5.69 Å². The predicted octanol–water partition coefficient (Wildman–Crippen LogP) is 3.75. The summed E-state index contributed by atoms with van der Waals surface area (Å²) in [6, 6.07) is 11.4. The Bertz CT molecular complexity index is 1610. The van der Waals surface area contributed by atoms with Gasteiger partial charge in [0.1, 0.15) is 17.9 Å². The number of carbonyl (C=O) groups excluding carboxylic acids is 5. The number of imidazole rings is 1. The second kappa shape index (κ2) is 17.5. The number of nitrogens with zero attached hydrogens (tertiary/aromatic N) is 3. The topological polar surface area (TPSA) is 166 Å². The predicted molar refractivity (Wildman–Crippen MR) is 186 cm³/mol. The van der Waals surface area contributed by atoms with Crippen LogP contribution in [-0.4, -0.2) is 88.7 Å². The van der Waals surface area contributed by atoms with Gasteiger partial charge in [-0.05, 0) is 55.2 Å². The fourth-order valence-electron chi connectivity index (χ4n) is 5.97. The highest BCUT2D eigenvalue weighted by Gasteiger charge is 2.32. The summed E-state index contributed by atoms with van der Waals surface area (Å²) in [4.78, 5) is 76.0. The number of methoxy groups -OCH3 is 1. The van der Waals surface area contributed by atoms with Crippen molar-refractivity contribution in [1.82, 2.24) is 30.4 Å². The summed E-state index contributed by atoms with van der Waals surface area (Å²) >= 11 is 0. The number of aromatic nitrogens is 2. The molecule has 13 heteroatoms. The summed E-state index contributed by atoms with van der Waals surface area (Å²) in [5.41, 5.74) is 3.53. The van der Waals surface area contributed by atoms with E-state index < -0.39 is 18.1 Å². The van der Waals surface area contributed by atoms with Crippen molar-refractivity contribution in [1.29, 1.82) is 0 Å². The third-order valence-electron chi connectivity index (χ3n) is 8.71. The van der Waals surface area contributed by atoms with Gasteiger partial charge in [0, 0.05) is 43.9 Å². The molecule has 0 saturated heterocycles. The number of aromatic amines is 1. The van der Waals surface area contributed by atoms with Gasteiger partial charge in [-0.1, -0.05) is 45.7 Å². The number of H-pyrrole nitrogens is 1. The molecule has 49 heavy (non-hydrogen) atoms. The Morgan fingerprint density at radius 1 is 1.08 bits per heavy atom.